The molecule has 3 heteroatoms. The van der Waals surface area contributed by atoms with Crippen molar-refractivity contribution in [3.8, 4) is 11.8 Å². The molecule has 1 N–H and O–H groups in total. The summed E-state index contributed by atoms with van der Waals surface area (Å²) >= 11 is 0. The fourth-order valence-corrected chi connectivity index (χ4v) is 1.89. The zero-order valence-corrected chi connectivity index (χ0v) is 10.4. The second-order valence-corrected chi connectivity index (χ2v) is 4.34. The summed E-state index contributed by atoms with van der Waals surface area (Å²) in [5.74, 6) is 0.830. The lowest BCUT2D eigenvalue weighted by Gasteiger charge is -2.24. The van der Waals surface area contributed by atoms with Crippen LogP contribution < -0.4 is 10.1 Å². The minimum atomic E-state index is -0.436. The number of nitrogens with one attached hydrogen (secondary N) is 1. The Morgan fingerprint density at radius 2 is 2.11 bits per heavy atom. The molecule has 0 saturated carbocycles. The van der Waals surface area contributed by atoms with Crippen LogP contribution in [-0.4, -0.2) is 13.7 Å². The van der Waals surface area contributed by atoms with Gasteiger partial charge in [-0.05, 0) is 30.7 Å². The van der Waals surface area contributed by atoms with Crippen molar-refractivity contribution < 1.29 is 4.74 Å². The largest absolute Gasteiger partial charge is 0.497 e. The molecule has 2 rings (SSSR count). The fraction of sp³-hybridized carbons (Fsp3) is 0.267. The third kappa shape index (κ3) is 2.72. The standard InChI is InChI=1S/C15H16N2O/c1-18-14-7-5-13(6-8-14)17-12-15(11-16)9-3-2-4-10-15/h2-9,17H,10,12H2,1H3. The highest BCUT2D eigenvalue weighted by atomic mass is 16.5. The first-order valence-corrected chi connectivity index (χ1v) is 5.91. The molecule has 1 aliphatic carbocycles. The highest BCUT2D eigenvalue weighted by Gasteiger charge is 2.26. The Balaban J connectivity index is 2.00. The van der Waals surface area contributed by atoms with E-state index >= 15 is 0 Å². The third-order valence-electron chi connectivity index (χ3n) is 3.07. The first-order valence-electron chi connectivity index (χ1n) is 5.91. The number of anilines is 1. The highest BCUT2D eigenvalue weighted by molar-refractivity contribution is 5.47. The van der Waals surface area contributed by atoms with Gasteiger partial charge in [0.1, 0.15) is 5.75 Å². The number of ether oxygens (including phenoxy) is 1. The molecule has 1 unspecified atom stereocenters. The van der Waals surface area contributed by atoms with Gasteiger partial charge in [0.05, 0.1) is 18.6 Å². The first kappa shape index (κ1) is 12.3. The van der Waals surface area contributed by atoms with E-state index in [4.69, 9.17) is 4.74 Å². The van der Waals surface area contributed by atoms with Crippen molar-refractivity contribution in [3.05, 3.63) is 48.6 Å². The Morgan fingerprint density at radius 3 is 2.67 bits per heavy atom. The van der Waals surface area contributed by atoms with Gasteiger partial charge in [-0.3, -0.25) is 0 Å². The maximum absolute atomic E-state index is 9.31. The summed E-state index contributed by atoms with van der Waals surface area (Å²) in [6, 6.07) is 10.1. The quantitative estimate of drug-likeness (QED) is 0.879. The summed E-state index contributed by atoms with van der Waals surface area (Å²) in [6.45, 7) is 0.608. The first-order chi connectivity index (χ1) is 8.78. The van der Waals surface area contributed by atoms with E-state index in [2.05, 4.69) is 11.4 Å². The molecule has 0 aliphatic heterocycles. The van der Waals surface area contributed by atoms with Gasteiger partial charge in [0.2, 0.25) is 0 Å². The molecule has 1 aromatic carbocycles. The Kier molecular flexibility index (Phi) is 3.69. The lowest BCUT2D eigenvalue weighted by atomic mass is 9.83. The smallest absolute Gasteiger partial charge is 0.119 e. The molecular weight excluding hydrogens is 224 g/mol. The van der Waals surface area contributed by atoms with Crippen LogP contribution >= 0.6 is 0 Å². The summed E-state index contributed by atoms with van der Waals surface area (Å²) in [6.07, 6.45) is 8.65. The van der Waals surface area contributed by atoms with Crippen LogP contribution in [0.3, 0.4) is 0 Å². The van der Waals surface area contributed by atoms with E-state index in [1.165, 1.54) is 0 Å². The molecule has 0 bridgehead atoms. The molecular formula is C15H16N2O. The van der Waals surface area contributed by atoms with Crippen LogP contribution in [0.25, 0.3) is 0 Å². The van der Waals surface area contributed by atoms with E-state index in [0.717, 1.165) is 17.9 Å². The van der Waals surface area contributed by atoms with Gasteiger partial charge in [0, 0.05) is 12.2 Å². The van der Waals surface area contributed by atoms with Gasteiger partial charge in [-0.25, -0.2) is 0 Å². The molecule has 0 aromatic heterocycles. The molecule has 3 nitrogen and oxygen atoms in total. The molecule has 1 atom stereocenters. The van der Waals surface area contributed by atoms with E-state index in [9.17, 15) is 5.26 Å². The molecule has 0 fully saturated rings. The van der Waals surface area contributed by atoms with Crippen molar-refractivity contribution in [2.75, 3.05) is 19.0 Å². The Bertz CT molecular complexity index is 496. The van der Waals surface area contributed by atoms with Crippen LogP contribution in [-0.2, 0) is 0 Å². The predicted octanol–water partition coefficient (Wildman–Crippen LogP) is 3.13. The average molecular weight is 240 g/mol. The second kappa shape index (κ2) is 5.42. The van der Waals surface area contributed by atoms with Crippen LogP contribution in [0.2, 0.25) is 0 Å². The number of hydrogen-bond acceptors (Lipinski definition) is 3. The predicted molar refractivity (Wildman–Crippen MR) is 72.4 cm³/mol. The second-order valence-electron chi connectivity index (χ2n) is 4.34. The summed E-state index contributed by atoms with van der Waals surface area (Å²) in [4.78, 5) is 0. The maximum atomic E-state index is 9.31. The van der Waals surface area contributed by atoms with Gasteiger partial charge in [-0.1, -0.05) is 24.3 Å². The molecule has 0 spiro atoms. The number of nitriles is 1. The average Bonchev–Trinajstić information content (AvgIpc) is 2.47. The highest BCUT2D eigenvalue weighted by Crippen LogP contribution is 2.27. The molecule has 0 amide bonds. The lowest BCUT2D eigenvalue weighted by molar-refractivity contribution is 0.415. The number of allylic oxidation sites excluding steroid dienone is 3. The molecule has 0 saturated heterocycles. The minimum Gasteiger partial charge on any atom is -0.497 e. The number of nitrogens with zero attached hydrogens (tertiary/aromatic N) is 1. The zero-order valence-electron chi connectivity index (χ0n) is 10.4. The third-order valence-corrected chi connectivity index (χ3v) is 3.07. The zero-order chi connectivity index (χ0) is 12.8. The van der Waals surface area contributed by atoms with Gasteiger partial charge in [-0.2, -0.15) is 5.26 Å². The number of rotatable bonds is 4. The molecule has 92 valence electrons. The van der Waals surface area contributed by atoms with Crippen LogP contribution in [0.1, 0.15) is 6.42 Å². The van der Waals surface area contributed by atoms with Crippen LogP contribution in [0.5, 0.6) is 5.75 Å². The molecule has 0 heterocycles. The van der Waals surface area contributed by atoms with Crippen molar-refractivity contribution >= 4 is 5.69 Å². The topological polar surface area (TPSA) is 45.0 Å². The van der Waals surface area contributed by atoms with Crippen LogP contribution in [0.15, 0.2) is 48.6 Å². The monoisotopic (exact) mass is 240 g/mol. The van der Waals surface area contributed by atoms with E-state index in [1.54, 1.807) is 7.11 Å². The summed E-state index contributed by atoms with van der Waals surface area (Å²) in [5, 5.41) is 12.6. The Hall–Kier alpha value is -2.21. The fourth-order valence-electron chi connectivity index (χ4n) is 1.89. The number of hydrogen-bond donors (Lipinski definition) is 1. The number of methoxy groups -OCH3 is 1. The van der Waals surface area contributed by atoms with E-state index in [1.807, 2.05) is 48.6 Å². The SMILES string of the molecule is COc1ccc(NCC2(C#N)C=CC=CC2)cc1. The van der Waals surface area contributed by atoms with Gasteiger partial charge < -0.3 is 10.1 Å². The Labute approximate surface area is 107 Å². The van der Waals surface area contributed by atoms with E-state index in [-0.39, 0.29) is 0 Å². The van der Waals surface area contributed by atoms with Gasteiger partial charge in [0.25, 0.3) is 0 Å². The van der Waals surface area contributed by atoms with Crippen LogP contribution in [0, 0.1) is 16.7 Å². The molecule has 1 aromatic rings. The molecule has 18 heavy (non-hydrogen) atoms. The molecule has 0 radical (unpaired) electrons. The normalized spacial score (nSPS) is 21.3. The van der Waals surface area contributed by atoms with Crippen LogP contribution in [0.4, 0.5) is 5.69 Å². The van der Waals surface area contributed by atoms with Crippen molar-refractivity contribution in [1.82, 2.24) is 0 Å². The van der Waals surface area contributed by atoms with Crippen molar-refractivity contribution in [2.24, 2.45) is 5.41 Å². The maximum Gasteiger partial charge on any atom is 0.119 e. The van der Waals surface area contributed by atoms with E-state index < -0.39 is 5.41 Å². The van der Waals surface area contributed by atoms with Gasteiger partial charge in [0.15, 0.2) is 0 Å². The van der Waals surface area contributed by atoms with Crippen molar-refractivity contribution in [2.45, 2.75) is 6.42 Å². The van der Waals surface area contributed by atoms with E-state index in [0.29, 0.717) is 6.54 Å². The summed E-state index contributed by atoms with van der Waals surface area (Å²) in [7, 11) is 1.65. The minimum absolute atomic E-state index is 0.436. The van der Waals surface area contributed by atoms with Gasteiger partial charge >= 0.3 is 0 Å². The number of benzene rings is 1. The summed E-state index contributed by atoms with van der Waals surface area (Å²) in [5.41, 5.74) is 0.558. The molecule has 1 aliphatic rings. The van der Waals surface area contributed by atoms with Gasteiger partial charge in [-0.15, -0.1) is 0 Å². The Morgan fingerprint density at radius 1 is 1.33 bits per heavy atom. The van der Waals surface area contributed by atoms with Crippen molar-refractivity contribution in [1.29, 1.82) is 5.26 Å². The van der Waals surface area contributed by atoms with Crippen molar-refractivity contribution in [3.63, 3.8) is 0 Å². The summed E-state index contributed by atoms with van der Waals surface area (Å²) < 4.78 is 5.10. The lowest BCUT2D eigenvalue weighted by Crippen LogP contribution is -2.26.